The van der Waals surface area contributed by atoms with E-state index in [2.05, 4.69) is 10.6 Å². The third-order valence-corrected chi connectivity index (χ3v) is 4.51. The van der Waals surface area contributed by atoms with Crippen molar-refractivity contribution in [1.29, 1.82) is 0 Å². The zero-order valence-corrected chi connectivity index (χ0v) is 14.0. The number of hydrogen-bond acceptors (Lipinski definition) is 3. The number of aryl methyl sites for hydroxylation is 1. The molecule has 3 rings (SSSR count). The monoisotopic (exact) mass is 337 g/mol. The van der Waals surface area contributed by atoms with E-state index in [1.54, 1.807) is 0 Å². The predicted molar refractivity (Wildman–Crippen MR) is 91.5 cm³/mol. The molecule has 126 valence electrons. The van der Waals surface area contributed by atoms with Gasteiger partial charge in [-0.15, -0.1) is 12.4 Å². The molecule has 2 saturated heterocycles. The lowest BCUT2D eigenvalue weighted by atomic mass is 10.0. The van der Waals surface area contributed by atoms with E-state index in [-0.39, 0.29) is 36.2 Å². The number of benzene rings is 1. The van der Waals surface area contributed by atoms with Crippen LogP contribution >= 0.6 is 12.4 Å². The number of amides is 2. The zero-order valence-electron chi connectivity index (χ0n) is 13.2. The minimum atomic E-state index is 0. The average molecular weight is 338 g/mol. The van der Waals surface area contributed by atoms with Crippen LogP contribution in [0.15, 0.2) is 30.3 Å². The zero-order chi connectivity index (χ0) is 15.4. The molecule has 5 nitrogen and oxygen atoms in total. The van der Waals surface area contributed by atoms with Crippen LogP contribution < -0.4 is 10.6 Å². The maximum Gasteiger partial charge on any atom is 0.225 e. The molecule has 1 atom stereocenters. The fourth-order valence-corrected chi connectivity index (χ4v) is 2.95. The highest BCUT2D eigenvalue weighted by Crippen LogP contribution is 2.13. The van der Waals surface area contributed by atoms with Crippen LogP contribution in [0, 0.1) is 5.92 Å². The number of halogens is 1. The summed E-state index contributed by atoms with van der Waals surface area (Å²) in [6.07, 6.45) is 2.18. The molecule has 2 fully saturated rings. The van der Waals surface area contributed by atoms with Crippen LogP contribution in [0.5, 0.6) is 0 Å². The molecule has 0 bridgehead atoms. The van der Waals surface area contributed by atoms with Gasteiger partial charge in [-0.2, -0.15) is 0 Å². The molecule has 0 spiro atoms. The molecule has 2 aliphatic heterocycles. The van der Waals surface area contributed by atoms with Crippen molar-refractivity contribution in [2.75, 3.05) is 26.2 Å². The first-order valence-electron chi connectivity index (χ1n) is 8.05. The third-order valence-electron chi connectivity index (χ3n) is 4.51. The van der Waals surface area contributed by atoms with E-state index < -0.39 is 0 Å². The molecule has 0 radical (unpaired) electrons. The molecule has 2 aliphatic rings. The molecule has 2 N–H and O–H groups in total. The van der Waals surface area contributed by atoms with Gasteiger partial charge in [0, 0.05) is 38.6 Å². The molecule has 0 saturated carbocycles. The topological polar surface area (TPSA) is 61.4 Å². The minimum absolute atomic E-state index is 0. The molecule has 1 aromatic carbocycles. The Morgan fingerprint density at radius 3 is 2.61 bits per heavy atom. The van der Waals surface area contributed by atoms with Gasteiger partial charge >= 0.3 is 0 Å². The summed E-state index contributed by atoms with van der Waals surface area (Å²) in [6.45, 7) is 2.96. The highest BCUT2D eigenvalue weighted by molar-refractivity contribution is 5.85. The second-order valence-corrected chi connectivity index (χ2v) is 6.17. The Hall–Kier alpha value is -1.59. The summed E-state index contributed by atoms with van der Waals surface area (Å²) in [7, 11) is 0. The summed E-state index contributed by atoms with van der Waals surface area (Å²) in [5.74, 6) is 0.427. The van der Waals surface area contributed by atoms with Gasteiger partial charge in [0.1, 0.15) is 0 Å². The van der Waals surface area contributed by atoms with Gasteiger partial charge in [-0.25, -0.2) is 0 Å². The van der Waals surface area contributed by atoms with Crippen molar-refractivity contribution < 1.29 is 9.59 Å². The van der Waals surface area contributed by atoms with Crippen LogP contribution in [-0.2, 0) is 16.0 Å². The van der Waals surface area contributed by atoms with Gasteiger partial charge < -0.3 is 15.5 Å². The smallest absolute Gasteiger partial charge is 0.225 e. The highest BCUT2D eigenvalue weighted by atomic mass is 35.5. The highest BCUT2D eigenvalue weighted by Gasteiger charge is 2.31. The number of rotatable bonds is 5. The van der Waals surface area contributed by atoms with Gasteiger partial charge in [0.25, 0.3) is 0 Å². The number of nitrogens with one attached hydrogen (secondary N) is 2. The molecular formula is C17H24ClN3O2. The summed E-state index contributed by atoms with van der Waals surface area (Å²) >= 11 is 0. The first-order valence-corrected chi connectivity index (χ1v) is 8.05. The third kappa shape index (κ3) is 4.69. The van der Waals surface area contributed by atoms with Crippen molar-refractivity contribution in [2.24, 2.45) is 5.92 Å². The fraction of sp³-hybridized carbons (Fsp3) is 0.529. The summed E-state index contributed by atoms with van der Waals surface area (Å²) < 4.78 is 0. The lowest BCUT2D eigenvalue weighted by Gasteiger charge is -2.27. The molecular weight excluding hydrogens is 314 g/mol. The number of carbonyl (C=O) groups is 2. The van der Waals surface area contributed by atoms with Crippen LogP contribution in [0.25, 0.3) is 0 Å². The molecule has 2 heterocycles. The lowest BCUT2D eigenvalue weighted by molar-refractivity contribution is -0.131. The molecule has 1 aromatic rings. The molecule has 0 aromatic heterocycles. The summed E-state index contributed by atoms with van der Waals surface area (Å²) in [5, 5.41) is 6.17. The number of hydrogen-bond donors (Lipinski definition) is 2. The lowest BCUT2D eigenvalue weighted by Crippen LogP contribution is -2.53. The Morgan fingerprint density at radius 1 is 1.22 bits per heavy atom. The average Bonchev–Trinajstić information content (AvgIpc) is 2.92. The van der Waals surface area contributed by atoms with Crippen molar-refractivity contribution in [1.82, 2.24) is 15.5 Å². The maximum absolute atomic E-state index is 12.3. The van der Waals surface area contributed by atoms with Gasteiger partial charge in [-0.1, -0.05) is 30.3 Å². The van der Waals surface area contributed by atoms with Crippen LogP contribution in [0.3, 0.4) is 0 Å². The van der Waals surface area contributed by atoms with Crippen molar-refractivity contribution in [3.63, 3.8) is 0 Å². The second-order valence-electron chi connectivity index (χ2n) is 6.17. The summed E-state index contributed by atoms with van der Waals surface area (Å²) in [6, 6.07) is 10.2. The Kier molecular flexibility index (Phi) is 6.42. The first kappa shape index (κ1) is 17.8. The van der Waals surface area contributed by atoms with E-state index in [9.17, 15) is 9.59 Å². The quantitative estimate of drug-likeness (QED) is 0.842. The van der Waals surface area contributed by atoms with Gasteiger partial charge in [-0.05, 0) is 18.4 Å². The first-order chi connectivity index (χ1) is 10.7. The van der Waals surface area contributed by atoms with Gasteiger partial charge in [0.05, 0.1) is 5.92 Å². The van der Waals surface area contributed by atoms with Crippen LogP contribution in [0.2, 0.25) is 0 Å². The number of nitrogens with zero attached hydrogens (tertiary/aromatic N) is 1. The largest absolute Gasteiger partial charge is 0.351 e. The summed E-state index contributed by atoms with van der Waals surface area (Å²) in [4.78, 5) is 26.1. The minimum Gasteiger partial charge on any atom is -0.351 e. The van der Waals surface area contributed by atoms with Crippen molar-refractivity contribution >= 4 is 24.2 Å². The SMILES string of the molecule is Cl.O=C(NC1CCN(C(=O)CCc2ccccc2)C1)C1CNC1. The van der Waals surface area contributed by atoms with E-state index in [0.29, 0.717) is 13.0 Å². The van der Waals surface area contributed by atoms with Crippen LogP contribution in [0.4, 0.5) is 0 Å². The predicted octanol–water partition coefficient (Wildman–Crippen LogP) is 0.977. The maximum atomic E-state index is 12.3. The van der Waals surface area contributed by atoms with E-state index in [1.807, 2.05) is 35.2 Å². The van der Waals surface area contributed by atoms with Gasteiger partial charge in [0.2, 0.25) is 11.8 Å². The second kappa shape index (κ2) is 8.31. The van der Waals surface area contributed by atoms with E-state index in [0.717, 1.165) is 32.5 Å². The van der Waals surface area contributed by atoms with Gasteiger partial charge in [0.15, 0.2) is 0 Å². The van der Waals surface area contributed by atoms with Crippen molar-refractivity contribution in [2.45, 2.75) is 25.3 Å². The molecule has 2 amide bonds. The molecule has 1 unspecified atom stereocenters. The van der Waals surface area contributed by atoms with Crippen LogP contribution in [-0.4, -0.2) is 48.9 Å². The van der Waals surface area contributed by atoms with E-state index >= 15 is 0 Å². The van der Waals surface area contributed by atoms with Crippen molar-refractivity contribution in [3.05, 3.63) is 35.9 Å². The van der Waals surface area contributed by atoms with Crippen LogP contribution in [0.1, 0.15) is 18.4 Å². The van der Waals surface area contributed by atoms with Gasteiger partial charge in [-0.3, -0.25) is 9.59 Å². The Labute approximate surface area is 143 Å². The standard InChI is InChI=1S/C17H23N3O2.ClH/c21-16(7-6-13-4-2-1-3-5-13)20-9-8-15(12-20)19-17(22)14-10-18-11-14;/h1-5,14-15,18H,6-12H2,(H,19,22);1H. The summed E-state index contributed by atoms with van der Waals surface area (Å²) in [5.41, 5.74) is 1.19. The number of likely N-dealkylation sites (tertiary alicyclic amines) is 1. The fourth-order valence-electron chi connectivity index (χ4n) is 2.95. The van der Waals surface area contributed by atoms with Crippen molar-refractivity contribution in [3.8, 4) is 0 Å². The molecule has 6 heteroatoms. The Bertz CT molecular complexity index is 534. The number of carbonyl (C=O) groups excluding carboxylic acids is 2. The molecule has 23 heavy (non-hydrogen) atoms. The normalized spacial score (nSPS) is 20.5. The Balaban J connectivity index is 0.00000192. The van der Waals surface area contributed by atoms with E-state index in [1.165, 1.54) is 5.56 Å². The van der Waals surface area contributed by atoms with E-state index in [4.69, 9.17) is 0 Å². The molecule has 0 aliphatic carbocycles. The Morgan fingerprint density at radius 2 is 1.96 bits per heavy atom.